The van der Waals surface area contributed by atoms with Gasteiger partial charge in [-0.15, -0.1) is 0 Å². The van der Waals surface area contributed by atoms with Gasteiger partial charge in [0.05, 0.1) is 17.0 Å². The van der Waals surface area contributed by atoms with Crippen LogP contribution in [0.2, 0.25) is 0 Å². The number of aromatic nitrogens is 3. The number of rotatable bonds is 5. The lowest BCUT2D eigenvalue weighted by Gasteiger charge is -2.14. The van der Waals surface area contributed by atoms with E-state index >= 15 is 0 Å². The van der Waals surface area contributed by atoms with Crippen molar-refractivity contribution in [1.29, 1.82) is 0 Å². The maximum absolute atomic E-state index is 12.2. The van der Waals surface area contributed by atoms with Crippen molar-refractivity contribution in [2.75, 3.05) is 6.54 Å². The predicted octanol–water partition coefficient (Wildman–Crippen LogP) is 2.58. The largest absolute Gasteiger partial charge is 0.352 e. The molecule has 1 amide bonds. The van der Waals surface area contributed by atoms with Gasteiger partial charge in [0.1, 0.15) is 0 Å². The monoisotopic (exact) mass is 300 g/mol. The molecule has 0 fully saturated rings. The van der Waals surface area contributed by atoms with Crippen LogP contribution in [0, 0.1) is 33.6 Å². The molecule has 1 atom stereocenters. The summed E-state index contributed by atoms with van der Waals surface area (Å²) in [6.07, 6.45) is 0. The lowest BCUT2D eigenvalue weighted by Crippen LogP contribution is -2.31. The summed E-state index contributed by atoms with van der Waals surface area (Å²) in [4.78, 5) is 16.6. The van der Waals surface area contributed by atoms with Gasteiger partial charge in [-0.2, -0.15) is 5.10 Å². The number of amides is 1. The van der Waals surface area contributed by atoms with E-state index < -0.39 is 0 Å². The predicted molar refractivity (Wildman–Crippen MR) is 86.9 cm³/mol. The molecular weight excluding hydrogens is 276 g/mol. The first-order valence-electron chi connectivity index (χ1n) is 7.60. The summed E-state index contributed by atoms with van der Waals surface area (Å²) >= 11 is 0. The molecule has 0 radical (unpaired) electrons. The molecule has 5 heteroatoms. The van der Waals surface area contributed by atoms with E-state index in [4.69, 9.17) is 0 Å². The number of hydrogen-bond donors (Lipinski definition) is 1. The molecule has 1 N–H and O–H groups in total. The van der Waals surface area contributed by atoms with Gasteiger partial charge in [-0.05, 0) is 51.8 Å². The first kappa shape index (κ1) is 16.2. The zero-order valence-electron chi connectivity index (χ0n) is 14.0. The molecule has 0 aromatic carbocycles. The summed E-state index contributed by atoms with van der Waals surface area (Å²) in [6.45, 7) is 11.3. The highest BCUT2D eigenvalue weighted by molar-refractivity contribution is 5.95. The summed E-state index contributed by atoms with van der Waals surface area (Å²) in [6, 6.07) is 5.76. The Balaban J connectivity index is 1.91. The topological polar surface area (TPSA) is 59.8 Å². The Bertz CT molecular complexity index is 675. The number of nitrogens with one attached hydrogen (secondary N) is 1. The van der Waals surface area contributed by atoms with Gasteiger partial charge >= 0.3 is 0 Å². The molecule has 5 nitrogen and oxygen atoms in total. The highest BCUT2D eigenvalue weighted by Crippen LogP contribution is 2.08. The third-order valence-corrected chi connectivity index (χ3v) is 3.67. The van der Waals surface area contributed by atoms with Gasteiger partial charge in [0.25, 0.3) is 5.91 Å². The SMILES string of the molecule is Cc1ccc(C(=O)NC[C@@H](C)Cn2nc(C)cc2C)c(C)n1. The second-order valence-corrected chi connectivity index (χ2v) is 6.01. The van der Waals surface area contributed by atoms with E-state index in [9.17, 15) is 4.79 Å². The number of carbonyl (C=O) groups excluding carboxylic acids is 1. The van der Waals surface area contributed by atoms with E-state index in [1.54, 1.807) is 0 Å². The van der Waals surface area contributed by atoms with Crippen LogP contribution in [0.3, 0.4) is 0 Å². The number of hydrogen-bond acceptors (Lipinski definition) is 3. The Morgan fingerprint density at radius 2 is 1.95 bits per heavy atom. The van der Waals surface area contributed by atoms with E-state index in [2.05, 4.69) is 28.4 Å². The van der Waals surface area contributed by atoms with Crippen molar-refractivity contribution >= 4 is 5.91 Å². The van der Waals surface area contributed by atoms with Gasteiger partial charge in [0, 0.05) is 24.5 Å². The fraction of sp³-hybridized carbons (Fsp3) is 0.471. The standard InChI is InChI=1S/C17H24N4O/c1-11(10-21-14(4)8-13(3)20-21)9-18-17(22)16-7-6-12(2)19-15(16)5/h6-8,11H,9-10H2,1-5H3,(H,18,22)/t11-/m1/s1. The molecule has 0 saturated carbocycles. The van der Waals surface area contributed by atoms with Gasteiger partial charge in [0.2, 0.25) is 0 Å². The molecule has 2 heterocycles. The van der Waals surface area contributed by atoms with Gasteiger partial charge in [-0.3, -0.25) is 14.5 Å². The molecule has 118 valence electrons. The second kappa shape index (κ2) is 6.73. The molecule has 0 aliphatic carbocycles. The van der Waals surface area contributed by atoms with Crippen molar-refractivity contribution in [3.05, 3.63) is 46.5 Å². The van der Waals surface area contributed by atoms with Crippen molar-refractivity contribution in [1.82, 2.24) is 20.1 Å². The number of aryl methyl sites for hydroxylation is 4. The van der Waals surface area contributed by atoms with E-state index in [1.165, 1.54) is 0 Å². The normalized spacial score (nSPS) is 12.2. The van der Waals surface area contributed by atoms with Crippen molar-refractivity contribution in [2.45, 2.75) is 41.2 Å². The highest BCUT2D eigenvalue weighted by atomic mass is 16.1. The molecule has 2 aromatic rings. The van der Waals surface area contributed by atoms with E-state index in [0.29, 0.717) is 18.0 Å². The fourth-order valence-electron chi connectivity index (χ4n) is 2.51. The van der Waals surface area contributed by atoms with Crippen LogP contribution in [0.1, 0.15) is 40.1 Å². The molecule has 0 spiro atoms. The van der Waals surface area contributed by atoms with Crippen LogP contribution in [0.25, 0.3) is 0 Å². The minimum atomic E-state index is -0.0646. The Kier molecular flexibility index (Phi) is 4.96. The Morgan fingerprint density at radius 1 is 1.23 bits per heavy atom. The number of carbonyl (C=O) groups is 1. The molecule has 0 aliphatic rings. The van der Waals surface area contributed by atoms with Crippen molar-refractivity contribution < 1.29 is 4.79 Å². The minimum absolute atomic E-state index is 0.0646. The number of pyridine rings is 1. The first-order valence-corrected chi connectivity index (χ1v) is 7.60. The third kappa shape index (κ3) is 3.93. The van der Waals surface area contributed by atoms with Crippen LogP contribution >= 0.6 is 0 Å². The van der Waals surface area contributed by atoms with Crippen molar-refractivity contribution in [3.63, 3.8) is 0 Å². The zero-order valence-corrected chi connectivity index (χ0v) is 14.0. The highest BCUT2D eigenvalue weighted by Gasteiger charge is 2.12. The van der Waals surface area contributed by atoms with E-state index in [1.807, 2.05) is 44.5 Å². The van der Waals surface area contributed by atoms with Crippen molar-refractivity contribution in [3.8, 4) is 0 Å². The van der Waals surface area contributed by atoms with Crippen LogP contribution in [-0.2, 0) is 6.54 Å². The van der Waals surface area contributed by atoms with Crippen LogP contribution < -0.4 is 5.32 Å². The second-order valence-electron chi connectivity index (χ2n) is 6.01. The smallest absolute Gasteiger partial charge is 0.253 e. The van der Waals surface area contributed by atoms with Crippen LogP contribution in [0.5, 0.6) is 0 Å². The van der Waals surface area contributed by atoms with Gasteiger partial charge < -0.3 is 5.32 Å². The first-order chi connectivity index (χ1) is 10.4. The molecule has 0 aliphatic heterocycles. The third-order valence-electron chi connectivity index (χ3n) is 3.67. The summed E-state index contributed by atoms with van der Waals surface area (Å²) < 4.78 is 1.99. The van der Waals surface area contributed by atoms with Crippen LogP contribution in [-0.4, -0.2) is 27.2 Å². The maximum atomic E-state index is 12.2. The average molecular weight is 300 g/mol. The quantitative estimate of drug-likeness (QED) is 0.923. The molecular formula is C17H24N4O. The molecule has 2 aromatic heterocycles. The lowest BCUT2D eigenvalue weighted by molar-refractivity contribution is 0.0945. The molecule has 0 unspecified atom stereocenters. The van der Waals surface area contributed by atoms with E-state index in [0.717, 1.165) is 29.3 Å². The lowest BCUT2D eigenvalue weighted by atomic mass is 10.1. The fourth-order valence-corrected chi connectivity index (χ4v) is 2.51. The molecule has 22 heavy (non-hydrogen) atoms. The summed E-state index contributed by atoms with van der Waals surface area (Å²) in [7, 11) is 0. The Morgan fingerprint density at radius 3 is 2.55 bits per heavy atom. The van der Waals surface area contributed by atoms with E-state index in [-0.39, 0.29) is 5.91 Å². The van der Waals surface area contributed by atoms with Gasteiger partial charge in [0.15, 0.2) is 0 Å². The summed E-state index contributed by atoms with van der Waals surface area (Å²) in [5, 5.41) is 7.44. The van der Waals surface area contributed by atoms with Crippen LogP contribution in [0.15, 0.2) is 18.2 Å². The van der Waals surface area contributed by atoms with Crippen LogP contribution in [0.4, 0.5) is 0 Å². The summed E-state index contributed by atoms with van der Waals surface area (Å²) in [5.41, 5.74) is 4.50. The Labute approximate surface area is 131 Å². The molecule has 2 rings (SSSR count). The Hall–Kier alpha value is -2.17. The summed E-state index contributed by atoms with van der Waals surface area (Å²) in [5.74, 6) is 0.242. The number of nitrogens with zero attached hydrogens (tertiary/aromatic N) is 3. The molecule has 0 bridgehead atoms. The average Bonchev–Trinajstić information content (AvgIpc) is 2.74. The van der Waals surface area contributed by atoms with Gasteiger partial charge in [-0.1, -0.05) is 6.92 Å². The minimum Gasteiger partial charge on any atom is -0.352 e. The van der Waals surface area contributed by atoms with Gasteiger partial charge in [-0.25, -0.2) is 0 Å². The molecule has 0 saturated heterocycles. The maximum Gasteiger partial charge on any atom is 0.253 e. The zero-order chi connectivity index (χ0) is 16.3. The van der Waals surface area contributed by atoms with Crippen molar-refractivity contribution in [2.24, 2.45) is 5.92 Å².